The molecule has 5 nitrogen and oxygen atoms in total. The third-order valence-corrected chi connectivity index (χ3v) is 9.77. The van der Waals surface area contributed by atoms with Crippen molar-refractivity contribution in [1.82, 2.24) is 4.90 Å². The van der Waals surface area contributed by atoms with Gasteiger partial charge >= 0.3 is 0 Å². The van der Waals surface area contributed by atoms with Gasteiger partial charge in [0.2, 0.25) is 0 Å². The van der Waals surface area contributed by atoms with Crippen LogP contribution in [0.1, 0.15) is 36.5 Å². The molecule has 3 aliphatic heterocycles. The zero-order chi connectivity index (χ0) is 26.1. The Morgan fingerprint density at radius 2 is 1.79 bits per heavy atom. The van der Waals surface area contributed by atoms with Crippen molar-refractivity contribution in [2.45, 2.75) is 36.1 Å². The lowest BCUT2D eigenvalue weighted by molar-refractivity contribution is -0.126. The number of hydrogen-bond donors (Lipinski definition) is 0. The van der Waals surface area contributed by atoms with Crippen molar-refractivity contribution in [1.29, 1.82) is 5.26 Å². The summed E-state index contributed by atoms with van der Waals surface area (Å²) in [6.07, 6.45) is 0.932. The van der Waals surface area contributed by atoms with Crippen LogP contribution in [-0.4, -0.2) is 39.7 Å². The molecule has 1 amide bonds. The van der Waals surface area contributed by atoms with Crippen LogP contribution in [0.15, 0.2) is 88.8 Å². The van der Waals surface area contributed by atoms with Crippen molar-refractivity contribution >= 4 is 51.4 Å². The predicted molar refractivity (Wildman–Crippen MR) is 158 cm³/mol. The molecule has 1 unspecified atom stereocenters. The van der Waals surface area contributed by atoms with E-state index < -0.39 is 4.87 Å². The highest BCUT2D eigenvalue weighted by molar-refractivity contribution is 8.14. The van der Waals surface area contributed by atoms with Gasteiger partial charge < -0.3 is 9.80 Å². The van der Waals surface area contributed by atoms with Crippen molar-refractivity contribution < 1.29 is 4.79 Å². The van der Waals surface area contributed by atoms with Crippen LogP contribution in [0.25, 0.3) is 11.1 Å². The average Bonchev–Trinajstić information content (AvgIpc) is 3.61. The molecule has 3 aromatic rings. The topological polar surface area (TPSA) is 59.7 Å². The fourth-order valence-corrected chi connectivity index (χ4v) is 8.16. The van der Waals surface area contributed by atoms with Gasteiger partial charge in [-0.2, -0.15) is 5.26 Å². The van der Waals surface area contributed by atoms with Gasteiger partial charge in [-0.1, -0.05) is 73.7 Å². The highest BCUT2D eigenvalue weighted by Crippen LogP contribution is 2.55. The van der Waals surface area contributed by atoms with Gasteiger partial charge in [-0.25, -0.2) is 0 Å². The molecule has 1 atom stereocenters. The lowest BCUT2D eigenvalue weighted by atomic mass is 9.90. The number of aliphatic imine (C=N–C) groups is 1. The summed E-state index contributed by atoms with van der Waals surface area (Å²) in [6.45, 7) is 4.33. The summed E-state index contributed by atoms with van der Waals surface area (Å²) in [5.41, 5.74) is 5.97. The van der Waals surface area contributed by atoms with E-state index in [-0.39, 0.29) is 5.91 Å². The Hall–Kier alpha value is -3.47. The van der Waals surface area contributed by atoms with Crippen molar-refractivity contribution in [2.24, 2.45) is 4.99 Å². The molecule has 38 heavy (non-hydrogen) atoms. The number of fused-ring (bicyclic) bond motifs is 3. The third-order valence-electron chi connectivity index (χ3n) is 7.28. The second kappa shape index (κ2) is 10.4. The van der Waals surface area contributed by atoms with Crippen LogP contribution in [0, 0.1) is 11.3 Å². The van der Waals surface area contributed by atoms with E-state index in [0.29, 0.717) is 19.4 Å². The Bertz CT molecular complexity index is 1480. The first-order valence-corrected chi connectivity index (χ1v) is 14.8. The molecule has 3 aromatic carbocycles. The SMILES string of the molecule is CCSC1(CCC#N)C(c2ccccc2)=C(c2ccccc2)C(=O)N1Cc1ccc2c(c1)N1CCN=C1S2. The number of anilines is 1. The zero-order valence-electron chi connectivity index (χ0n) is 21.3. The van der Waals surface area contributed by atoms with Gasteiger partial charge in [0.05, 0.1) is 23.9 Å². The van der Waals surface area contributed by atoms with Gasteiger partial charge in [0.1, 0.15) is 4.87 Å². The summed E-state index contributed by atoms with van der Waals surface area (Å²) in [5.74, 6) is 0.842. The Balaban J connectivity index is 1.50. The predicted octanol–water partition coefficient (Wildman–Crippen LogP) is 6.67. The first-order chi connectivity index (χ1) is 18.7. The Morgan fingerprint density at radius 1 is 1.05 bits per heavy atom. The van der Waals surface area contributed by atoms with E-state index in [9.17, 15) is 10.1 Å². The Morgan fingerprint density at radius 3 is 2.50 bits per heavy atom. The summed E-state index contributed by atoms with van der Waals surface area (Å²) in [6, 6.07) is 29.1. The van der Waals surface area contributed by atoms with Crippen molar-refractivity contribution in [3.05, 3.63) is 95.6 Å². The van der Waals surface area contributed by atoms with E-state index in [4.69, 9.17) is 0 Å². The molecule has 0 N–H and O–H groups in total. The van der Waals surface area contributed by atoms with Crippen molar-refractivity contribution in [3.8, 4) is 6.07 Å². The molecule has 0 bridgehead atoms. The number of amides is 1. The normalized spacial score (nSPS) is 20.0. The van der Waals surface area contributed by atoms with Crippen LogP contribution in [0.3, 0.4) is 0 Å². The minimum Gasteiger partial charge on any atom is -0.318 e. The van der Waals surface area contributed by atoms with Gasteiger partial charge in [0, 0.05) is 30.0 Å². The molecule has 0 aliphatic carbocycles. The maximum absolute atomic E-state index is 14.5. The number of carbonyl (C=O) groups is 1. The number of carbonyl (C=O) groups excluding carboxylic acids is 1. The summed E-state index contributed by atoms with van der Waals surface area (Å²) >= 11 is 3.48. The van der Waals surface area contributed by atoms with Gasteiger partial charge in [-0.3, -0.25) is 9.79 Å². The molecule has 0 saturated carbocycles. The Kier molecular flexibility index (Phi) is 6.77. The van der Waals surface area contributed by atoms with Gasteiger partial charge in [0.25, 0.3) is 5.91 Å². The van der Waals surface area contributed by atoms with Gasteiger partial charge in [0.15, 0.2) is 5.17 Å². The molecule has 0 aromatic heterocycles. The number of hydrogen-bond acceptors (Lipinski definition) is 6. The lowest BCUT2D eigenvalue weighted by Gasteiger charge is -2.40. The van der Waals surface area contributed by atoms with Crippen molar-refractivity contribution in [3.63, 3.8) is 0 Å². The largest absolute Gasteiger partial charge is 0.318 e. The van der Waals surface area contributed by atoms with Crippen LogP contribution in [0.5, 0.6) is 0 Å². The molecule has 0 spiro atoms. The van der Waals surface area contributed by atoms with E-state index in [0.717, 1.165) is 51.8 Å². The highest BCUT2D eigenvalue weighted by atomic mass is 32.2. The fourth-order valence-electron chi connectivity index (χ4n) is 5.71. The standard InChI is InChI=1S/C31H28N4OS2/c1-2-37-31(16-9-17-32)28(24-12-7-4-8-13-24)27(23-10-5-3-6-11-23)29(36)35(31)21-22-14-15-26-25(20-22)34-19-18-33-30(34)38-26/h3-8,10-15,20H,2,9,16,18-19,21H2,1H3. The molecule has 6 rings (SSSR count). The average molecular weight is 537 g/mol. The minimum atomic E-state index is -0.651. The maximum atomic E-state index is 14.5. The molecule has 0 radical (unpaired) electrons. The van der Waals surface area contributed by atoms with E-state index in [1.54, 1.807) is 23.5 Å². The Labute approximate surface area is 232 Å². The number of amidine groups is 1. The van der Waals surface area contributed by atoms with Gasteiger partial charge in [-0.15, -0.1) is 11.8 Å². The van der Waals surface area contributed by atoms with Crippen LogP contribution in [0.4, 0.5) is 5.69 Å². The number of thioether (sulfide) groups is 2. The van der Waals surface area contributed by atoms with Crippen LogP contribution in [0.2, 0.25) is 0 Å². The second-order valence-corrected chi connectivity index (χ2v) is 12.0. The maximum Gasteiger partial charge on any atom is 0.256 e. The first kappa shape index (κ1) is 24.8. The first-order valence-electron chi connectivity index (χ1n) is 13.0. The zero-order valence-corrected chi connectivity index (χ0v) is 22.9. The van der Waals surface area contributed by atoms with E-state index in [2.05, 4.69) is 53.2 Å². The van der Waals surface area contributed by atoms with Crippen LogP contribution < -0.4 is 4.90 Å². The summed E-state index contributed by atoms with van der Waals surface area (Å²) in [5, 5.41) is 10.8. The molecule has 3 aliphatic rings. The highest BCUT2D eigenvalue weighted by Gasteiger charge is 2.52. The smallest absolute Gasteiger partial charge is 0.256 e. The van der Waals surface area contributed by atoms with Gasteiger partial charge in [-0.05, 0) is 52.8 Å². The summed E-state index contributed by atoms with van der Waals surface area (Å²) in [7, 11) is 0. The molecule has 0 fully saturated rings. The molecule has 0 saturated heterocycles. The van der Waals surface area contributed by atoms with E-state index >= 15 is 0 Å². The number of nitrogens with zero attached hydrogens (tertiary/aromatic N) is 4. The molecule has 3 heterocycles. The number of benzene rings is 3. The van der Waals surface area contributed by atoms with Crippen LogP contribution in [-0.2, 0) is 11.3 Å². The molecule has 7 heteroatoms. The van der Waals surface area contributed by atoms with E-state index in [1.165, 1.54) is 10.6 Å². The summed E-state index contributed by atoms with van der Waals surface area (Å²) < 4.78 is 0. The number of rotatable bonds is 8. The monoisotopic (exact) mass is 536 g/mol. The molecular weight excluding hydrogens is 509 g/mol. The quantitative estimate of drug-likeness (QED) is 0.322. The lowest BCUT2D eigenvalue weighted by Crippen LogP contribution is -2.45. The third kappa shape index (κ3) is 4.13. The van der Waals surface area contributed by atoms with E-state index in [1.807, 2.05) is 53.4 Å². The van der Waals surface area contributed by atoms with Crippen LogP contribution >= 0.6 is 23.5 Å². The second-order valence-electron chi connectivity index (χ2n) is 9.47. The molecular formula is C31H28N4OS2. The van der Waals surface area contributed by atoms with Crippen molar-refractivity contribution in [2.75, 3.05) is 23.7 Å². The number of nitriles is 1. The fraction of sp³-hybridized carbons (Fsp3) is 0.258. The minimum absolute atomic E-state index is 0.0206. The molecule has 190 valence electrons. The summed E-state index contributed by atoms with van der Waals surface area (Å²) in [4.78, 5) is 24.0.